The second-order valence-electron chi connectivity index (χ2n) is 6.75. The number of halogens is 1. The smallest absolute Gasteiger partial charge is 0.256 e. The van der Waals surface area contributed by atoms with Crippen molar-refractivity contribution in [2.75, 3.05) is 25.3 Å². The van der Waals surface area contributed by atoms with Gasteiger partial charge in [0.05, 0.1) is 25.4 Å². The van der Waals surface area contributed by atoms with Crippen LogP contribution in [0.1, 0.15) is 10.4 Å². The number of carbonyl (C=O) groups is 1. The Balaban J connectivity index is 1.65. The molecule has 0 unspecified atom stereocenters. The number of ether oxygens (including phenoxy) is 2. The van der Waals surface area contributed by atoms with E-state index in [0.29, 0.717) is 17.0 Å². The first kappa shape index (κ1) is 20.1. The van der Waals surface area contributed by atoms with Crippen LogP contribution in [0.3, 0.4) is 0 Å². The number of nitrogens with zero attached hydrogens (tertiary/aromatic N) is 2. The third-order valence-corrected chi connectivity index (χ3v) is 4.76. The predicted molar refractivity (Wildman–Crippen MR) is 117 cm³/mol. The minimum absolute atomic E-state index is 0.0536. The second kappa shape index (κ2) is 8.27. The predicted octanol–water partition coefficient (Wildman–Crippen LogP) is 4.29. The lowest BCUT2D eigenvalue weighted by Gasteiger charge is -2.11. The molecule has 0 aliphatic rings. The molecule has 0 radical (unpaired) electrons. The molecule has 3 N–H and O–H groups in total. The summed E-state index contributed by atoms with van der Waals surface area (Å²) >= 11 is 0. The molecule has 0 fully saturated rings. The summed E-state index contributed by atoms with van der Waals surface area (Å²) in [6.45, 7) is 0. The van der Waals surface area contributed by atoms with Crippen molar-refractivity contribution < 1.29 is 18.7 Å². The van der Waals surface area contributed by atoms with Gasteiger partial charge >= 0.3 is 0 Å². The van der Waals surface area contributed by atoms with Gasteiger partial charge in [-0.1, -0.05) is 12.1 Å². The molecule has 8 heteroatoms. The Morgan fingerprint density at radius 2 is 1.65 bits per heavy atom. The summed E-state index contributed by atoms with van der Waals surface area (Å²) in [6, 6.07) is 14.8. The van der Waals surface area contributed by atoms with E-state index in [-0.39, 0.29) is 17.2 Å². The molecule has 0 bridgehead atoms. The lowest BCUT2D eigenvalue weighted by Crippen LogP contribution is -2.13. The molecule has 0 aliphatic carbocycles. The van der Waals surface area contributed by atoms with Crippen LogP contribution in [-0.2, 0) is 0 Å². The molecule has 4 rings (SSSR count). The zero-order chi connectivity index (χ0) is 22.0. The van der Waals surface area contributed by atoms with Crippen LogP contribution in [0.4, 0.5) is 16.0 Å². The van der Waals surface area contributed by atoms with E-state index in [1.54, 1.807) is 36.5 Å². The fourth-order valence-electron chi connectivity index (χ4n) is 3.16. The highest BCUT2D eigenvalue weighted by molar-refractivity contribution is 6.05. The van der Waals surface area contributed by atoms with Gasteiger partial charge in [0.15, 0.2) is 0 Å². The molecular weight excluding hydrogens is 399 g/mol. The van der Waals surface area contributed by atoms with Crippen molar-refractivity contribution in [3.8, 4) is 22.6 Å². The number of fused-ring (bicyclic) bond motifs is 1. The van der Waals surface area contributed by atoms with Crippen LogP contribution >= 0.6 is 0 Å². The van der Waals surface area contributed by atoms with Crippen LogP contribution in [0.2, 0.25) is 0 Å². The minimum Gasteiger partial charge on any atom is -0.497 e. The number of nitrogen functional groups attached to an aromatic ring is 1. The van der Waals surface area contributed by atoms with Crippen molar-refractivity contribution in [2.45, 2.75) is 0 Å². The number of amides is 1. The number of hydrogen-bond acceptors (Lipinski definition) is 6. The molecular formula is C23H19FN4O3. The summed E-state index contributed by atoms with van der Waals surface area (Å²) in [5, 5.41) is 3.41. The highest BCUT2D eigenvalue weighted by atomic mass is 19.1. The zero-order valence-corrected chi connectivity index (χ0v) is 16.8. The summed E-state index contributed by atoms with van der Waals surface area (Å²) in [5.74, 6) is 0.0659. The number of anilines is 2. The summed E-state index contributed by atoms with van der Waals surface area (Å²) in [7, 11) is 2.98. The monoisotopic (exact) mass is 418 g/mol. The molecule has 0 aliphatic heterocycles. The van der Waals surface area contributed by atoms with Gasteiger partial charge in [-0.05, 0) is 47.5 Å². The number of nitrogens with two attached hydrogens (primary N) is 1. The molecule has 0 atom stereocenters. The number of nitrogens with one attached hydrogen (secondary N) is 1. The molecule has 1 amide bonds. The van der Waals surface area contributed by atoms with Gasteiger partial charge in [-0.15, -0.1) is 0 Å². The second-order valence-corrected chi connectivity index (χ2v) is 6.75. The van der Waals surface area contributed by atoms with E-state index in [4.69, 9.17) is 15.2 Å². The quantitative estimate of drug-likeness (QED) is 0.502. The Morgan fingerprint density at radius 1 is 0.968 bits per heavy atom. The van der Waals surface area contributed by atoms with Crippen molar-refractivity contribution in [3.05, 3.63) is 72.2 Å². The van der Waals surface area contributed by atoms with Gasteiger partial charge in [-0.3, -0.25) is 4.79 Å². The first-order chi connectivity index (χ1) is 15.0. The van der Waals surface area contributed by atoms with Gasteiger partial charge < -0.3 is 20.5 Å². The van der Waals surface area contributed by atoms with E-state index in [1.165, 1.54) is 20.3 Å². The van der Waals surface area contributed by atoms with E-state index in [0.717, 1.165) is 16.5 Å². The van der Waals surface area contributed by atoms with Gasteiger partial charge in [0.25, 0.3) is 5.91 Å². The van der Waals surface area contributed by atoms with Crippen molar-refractivity contribution in [1.82, 2.24) is 9.97 Å². The SMILES string of the molecule is COc1cc(OC)cc(C(=O)Nc2cc(-c3ccc4nc(N)ncc4c3)ccc2F)c1. The van der Waals surface area contributed by atoms with Crippen LogP contribution in [0.15, 0.2) is 60.8 Å². The highest BCUT2D eigenvalue weighted by Crippen LogP contribution is 2.29. The molecule has 4 aromatic rings. The average molecular weight is 418 g/mol. The van der Waals surface area contributed by atoms with E-state index < -0.39 is 11.7 Å². The Morgan fingerprint density at radius 3 is 2.35 bits per heavy atom. The first-order valence-corrected chi connectivity index (χ1v) is 9.33. The minimum atomic E-state index is -0.552. The van der Waals surface area contributed by atoms with E-state index in [9.17, 15) is 9.18 Å². The average Bonchev–Trinajstić information content (AvgIpc) is 2.79. The Kier molecular flexibility index (Phi) is 5.36. The van der Waals surface area contributed by atoms with Crippen molar-refractivity contribution in [1.29, 1.82) is 0 Å². The van der Waals surface area contributed by atoms with Crippen molar-refractivity contribution in [2.24, 2.45) is 0 Å². The Labute approximate surface area is 177 Å². The van der Waals surface area contributed by atoms with Crippen molar-refractivity contribution in [3.63, 3.8) is 0 Å². The molecule has 31 heavy (non-hydrogen) atoms. The molecule has 1 aromatic heterocycles. The van der Waals surface area contributed by atoms with E-state index in [2.05, 4.69) is 15.3 Å². The standard InChI is InChI=1S/C23H19FN4O3/c1-30-17-8-15(9-18(11-17)31-2)22(29)27-21-10-14(3-5-19(21)24)13-4-6-20-16(7-13)12-26-23(25)28-20/h3-12H,1-2H3,(H,27,29)(H2,25,26,28). The fraction of sp³-hybridized carbons (Fsp3) is 0.0870. The Bertz CT molecular complexity index is 1270. The lowest BCUT2D eigenvalue weighted by atomic mass is 10.0. The van der Waals surface area contributed by atoms with Gasteiger partial charge in [0.1, 0.15) is 17.3 Å². The van der Waals surface area contributed by atoms with Gasteiger partial charge in [0.2, 0.25) is 5.95 Å². The molecule has 156 valence electrons. The molecule has 0 spiro atoms. The van der Waals surface area contributed by atoms with Crippen LogP contribution in [0, 0.1) is 5.82 Å². The number of rotatable bonds is 5. The number of methoxy groups -OCH3 is 2. The summed E-state index contributed by atoms with van der Waals surface area (Å²) < 4.78 is 24.8. The van der Waals surface area contributed by atoms with Gasteiger partial charge in [-0.2, -0.15) is 0 Å². The maximum atomic E-state index is 14.5. The van der Waals surface area contributed by atoms with E-state index in [1.807, 2.05) is 18.2 Å². The van der Waals surface area contributed by atoms with Crippen LogP contribution in [0.5, 0.6) is 11.5 Å². The zero-order valence-electron chi connectivity index (χ0n) is 16.8. The summed E-state index contributed by atoms with van der Waals surface area (Å²) in [6.07, 6.45) is 1.63. The van der Waals surface area contributed by atoms with Crippen LogP contribution < -0.4 is 20.5 Å². The van der Waals surface area contributed by atoms with Crippen LogP contribution in [0.25, 0.3) is 22.0 Å². The third kappa shape index (κ3) is 4.23. The van der Waals surface area contributed by atoms with Crippen LogP contribution in [-0.4, -0.2) is 30.1 Å². The molecule has 3 aromatic carbocycles. The molecule has 1 heterocycles. The van der Waals surface area contributed by atoms with Gasteiger partial charge in [-0.25, -0.2) is 14.4 Å². The normalized spacial score (nSPS) is 10.7. The highest BCUT2D eigenvalue weighted by Gasteiger charge is 2.14. The third-order valence-electron chi connectivity index (χ3n) is 4.76. The lowest BCUT2D eigenvalue weighted by molar-refractivity contribution is 0.102. The maximum Gasteiger partial charge on any atom is 0.256 e. The number of benzene rings is 3. The number of hydrogen-bond donors (Lipinski definition) is 2. The Hall–Kier alpha value is -4.20. The first-order valence-electron chi connectivity index (χ1n) is 9.33. The largest absolute Gasteiger partial charge is 0.497 e. The maximum absolute atomic E-state index is 14.5. The molecule has 0 saturated heterocycles. The molecule has 0 saturated carbocycles. The summed E-state index contributed by atoms with van der Waals surface area (Å²) in [4.78, 5) is 20.9. The van der Waals surface area contributed by atoms with Crippen molar-refractivity contribution >= 4 is 28.4 Å². The topological polar surface area (TPSA) is 99.4 Å². The summed E-state index contributed by atoms with van der Waals surface area (Å²) in [5.41, 5.74) is 8.20. The number of aromatic nitrogens is 2. The van der Waals surface area contributed by atoms with Gasteiger partial charge in [0, 0.05) is 23.2 Å². The molecule has 7 nitrogen and oxygen atoms in total. The van der Waals surface area contributed by atoms with E-state index >= 15 is 0 Å². The number of carbonyl (C=O) groups excluding carboxylic acids is 1. The fourth-order valence-corrected chi connectivity index (χ4v) is 3.16.